The van der Waals surface area contributed by atoms with Gasteiger partial charge >= 0.3 is 0 Å². The molecular formula is C16H17ClINO. The standard InChI is InChI=1S/C16H17ClINO/c1-11(19)9-14-15(17)3-2-4-16(14)20-10-12-5-7-13(18)8-6-12/h2-8,11H,9-10,19H2,1H3. The fraction of sp³-hybridized carbons (Fsp3) is 0.250. The highest BCUT2D eigenvalue weighted by Crippen LogP contribution is 2.28. The average molecular weight is 402 g/mol. The van der Waals surface area contributed by atoms with E-state index < -0.39 is 0 Å². The summed E-state index contributed by atoms with van der Waals surface area (Å²) in [5.74, 6) is 0.813. The number of hydrogen-bond donors (Lipinski definition) is 1. The predicted octanol–water partition coefficient (Wildman–Crippen LogP) is 4.41. The van der Waals surface area contributed by atoms with Gasteiger partial charge in [0.05, 0.1) is 0 Å². The van der Waals surface area contributed by atoms with Crippen LogP contribution in [0, 0.1) is 3.57 Å². The third-order valence-corrected chi connectivity index (χ3v) is 3.98. The van der Waals surface area contributed by atoms with Gasteiger partial charge in [-0.25, -0.2) is 0 Å². The molecule has 0 aliphatic carbocycles. The van der Waals surface area contributed by atoms with E-state index in [1.54, 1.807) is 0 Å². The average Bonchev–Trinajstić information content (AvgIpc) is 2.41. The van der Waals surface area contributed by atoms with Gasteiger partial charge in [0.1, 0.15) is 12.4 Å². The molecule has 0 fully saturated rings. The molecule has 106 valence electrons. The first-order valence-electron chi connectivity index (χ1n) is 6.46. The molecule has 4 heteroatoms. The molecule has 2 aromatic rings. The van der Waals surface area contributed by atoms with Gasteiger partial charge in [-0.1, -0.05) is 29.8 Å². The molecule has 2 aromatic carbocycles. The van der Waals surface area contributed by atoms with Crippen LogP contribution in [0.4, 0.5) is 0 Å². The van der Waals surface area contributed by atoms with Crippen molar-refractivity contribution in [3.05, 3.63) is 62.2 Å². The second kappa shape index (κ2) is 7.29. The molecule has 0 aliphatic heterocycles. The maximum Gasteiger partial charge on any atom is 0.124 e. The van der Waals surface area contributed by atoms with E-state index >= 15 is 0 Å². The van der Waals surface area contributed by atoms with Crippen molar-refractivity contribution >= 4 is 34.2 Å². The highest BCUT2D eigenvalue weighted by atomic mass is 127. The van der Waals surface area contributed by atoms with Gasteiger partial charge in [0.25, 0.3) is 0 Å². The lowest BCUT2D eigenvalue weighted by Gasteiger charge is -2.14. The van der Waals surface area contributed by atoms with Crippen LogP contribution in [0.2, 0.25) is 5.02 Å². The molecule has 2 nitrogen and oxygen atoms in total. The summed E-state index contributed by atoms with van der Waals surface area (Å²) < 4.78 is 7.12. The van der Waals surface area contributed by atoms with Crippen molar-refractivity contribution in [2.24, 2.45) is 5.73 Å². The number of benzene rings is 2. The molecule has 0 saturated carbocycles. The summed E-state index contributed by atoms with van der Waals surface area (Å²) in [5.41, 5.74) is 7.99. The first-order chi connectivity index (χ1) is 9.56. The normalized spacial score (nSPS) is 12.2. The number of halogens is 2. The van der Waals surface area contributed by atoms with Crippen molar-refractivity contribution in [2.75, 3.05) is 0 Å². The SMILES string of the molecule is CC(N)Cc1c(Cl)cccc1OCc1ccc(I)cc1. The quantitative estimate of drug-likeness (QED) is 0.753. The summed E-state index contributed by atoms with van der Waals surface area (Å²) in [5, 5.41) is 0.711. The Hall–Kier alpha value is -0.780. The van der Waals surface area contributed by atoms with Crippen LogP contribution >= 0.6 is 34.2 Å². The van der Waals surface area contributed by atoms with Crippen molar-refractivity contribution in [2.45, 2.75) is 26.0 Å². The van der Waals surface area contributed by atoms with Crippen molar-refractivity contribution in [1.82, 2.24) is 0 Å². The van der Waals surface area contributed by atoms with Gasteiger partial charge in [-0.3, -0.25) is 0 Å². The minimum Gasteiger partial charge on any atom is -0.489 e. The molecule has 0 aromatic heterocycles. The van der Waals surface area contributed by atoms with E-state index in [9.17, 15) is 0 Å². The molecule has 2 rings (SSSR count). The van der Waals surface area contributed by atoms with Gasteiger partial charge in [0.2, 0.25) is 0 Å². The second-order valence-electron chi connectivity index (χ2n) is 4.81. The smallest absolute Gasteiger partial charge is 0.124 e. The Morgan fingerprint density at radius 1 is 1.20 bits per heavy atom. The van der Waals surface area contributed by atoms with Gasteiger partial charge in [0.15, 0.2) is 0 Å². The topological polar surface area (TPSA) is 35.2 Å². The Morgan fingerprint density at radius 2 is 1.90 bits per heavy atom. The molecule has 0 saturated heterocycles. The molecule has 0 aliphatic rings. The van der Waals surface area contributed by atoms with Crippen LogP contribution in [0.3, 0.4) is 0 Å². The summed E-state index contributed by atoms with van der Waals surface area (Å²) in [6, 6.07) is 14.0. The molecule has 0 amide bonds. The van der Waals surface area contributed by atoms with E-state index in [2.05, 4.69) is 46.9 Å². The zero-order valence-electron chi connectivity index (χ0n) is 11.3. The Labute approximate surface area is 138 Å². The fourth-order valence-electron chi connectivity index (χ4n) is 1.94. The van der Waals surface area contributed by atoms with Crippen molar-refractivity contribution < 1.29 is 4.74 Å². The number of rotatable bonds is 5. The van der Waals surface area contributed by atoms with Gasteiger partial charge < -0.3 is 10.5 Å². The van der Waals surface area contributed by atoms with Crippen LogP contribution in [-0.4, -0.2) is 6.04 Å². The molecule has 0 radical (unpaired) electrons. The molecule has 0 spiro atoms. The molecule has 2 N–H and O–H groups in total. The minimum atomic E-state index is 0.0514. The Balaban J connectivity index is 2.12. The highest BCUT2D eigenvalue weighted by molar-refractivity contribution is 14.1. The molecular weight excluding hydrogens is 385 g/mol. The summed E-state index contributed by atoms with van der Waals surface area (Å²) in [7, 11) is 0. The number of hydrogen-bond acceptors (Lipinski definition) is 2. The van der Waals surface area contributed by atoms with Crippen LogP contribution in [0.15, 0.2) is 42.5 Å². The minimum absolute atomic E-state index is 0.0514. The van der Waals surface area contributed by atoms with E-state index in [1.165, 1.54) is 3.57 Å². The molecule has 1 atom stereocenters. The van der Waals surface area contributed by atoms with Crippen LogP contribution in [0.1, 0.15) is 18.1 Å². The van der Waals surface area contributed by atoms with E-state index in [4.69, 9.17) is 22.1 Å². The van der Waals surface area contributed by atoms with E-state index in [1.807, 2.05) is 25.1 Å². The zero-order chi connectivity index (χ0) is 14.5. The van der Waals surface area contributed by atoms with Crippen molar-refractivity contribution in [3.8, 4) is 5.75 Å². The monoisotopic (exact) mass is 401 g/mol. The van der Waals surface area contributed by atoms with Crippen molar-refractivity contribution in [3.63, 3.8) is 0 Å². The third-order valence-electron chi connectivity index (χ3n) is 2.91. The largest absolute Gasteiger partial charge is 0.489 e. The van der Waals surface area contributed by atoms with E-state index in [-0.39, 0.29) is 6.04 Å². The summed E-state index contributed by atoms with van der Waals surface area (Å²) in [4.78, 5) is 0. The Bertz CT molecular complexity index is 569. The zero-order valence-corrected chi connectivity index (χ0v) is 14.2. The van der Waals surface area contributed by atoms with E-state index in [0.717, 1.165) is 16.9 Å². The fourth-order valence-corrected chi connectivity index (χ4v) is 2.54. The summed E-state index contributed by atoms with van der Waals surface area (Å²) in [6.07, 6.45) is 0.710. The second-order valence-corrected chi connectivity index (χ2v) is 6.47. The number of nitrogens with two attached hydrogens (primary N) is 1. The van der Waals surface area contributed by atoms with Crippen LogP contribution < -0.4 is 10.5 Å². The van der Waals surface area contributed by atoms with Gasteiger partial charge in [-0.15, -0.1) is 0 Å². The molecule has 20 heavy (non-hydrogen) atoms. The summed E-state index contributed by atoms with van der Waals surface area (Å²) >= 11 is 8.53. The van der Waals surface area contributed by atoms with E-state index in [0.29, 0.717) is 18.1 Å². The molecule has 1 unspecified atom stereocenters. The van der Waals surface area contributed by atoms with Gasteiger partial charge in [-0.2, -0.15) is 0 Å². The maximum atomic E-state index is 6.24. The van der Waals surface area contributed by atoms with Crippen LogP contribution in [-0.2, 0) is 13.0 Å². The Kier molecular flexibility index (Phi) is 5.69. The van der Waals surface area contributed by atoms with Crippen LogP contribution in [0.25, 0.3) is 0 Å². The predicted molar refractivity (Wildman–Crippen MR) is 92.3 cm³/mol. The van der Waals surface area contributed by atoms with Crippen molar-refractivity contribution in [1.29, 1.82) is 0 Å². The maximum absolute atomic E-state index is 6.24. The van der Waals surface area contributed by atoms with Gasteiger partial charge in [0, 0.05) is 20.2 Å². The van der Waals surface area contributed by atoms with Crippen LogP contribution in [0.5, 0.6) is 5.75 Å². The lowest BCUT2D eigenvalue weighted by atomic mass is 10.1. The Morgan fingerprint density at radius 3 is 2.55 bits per heavy atom. The number of ether oxygens (including phenoxy) is 1. The molecule has 0 bridgehead atoms. The first-order valence-corrected chi connectivity index (χ1v) is 7.92. The van der Waals surface area contributed by atoms with Gasteiger partial charge in [-0.05, 0) is 65.8 Å². The highest BCUT2D eigenvalue weighted by Gasteiger charge is 2.10. The third kappa shape index (κ3) is 4.36. The first kappa shape index (κ1) is 15.6. The lowest BCUT2D eigenvalue weighted by Crippen LogP contribution is -2.18. The summed E-state index contributed by atoms with van der Waals surface area (Å²) in [6.45, 7) is 2.50. The molecule has 0 heterocycles. The lowest BCUT2D eigenvalue weighted by molar-refractivity contribution is 0.302.